The molecule has 3 saturated heterocycles. The van der Waals surface area contributed by atoms with Crippen molar-refractivity contribution in [2.24, 2.45) is 0 Å². The van der Waals surface area contributed by atoms with E-state index in [4.69, 9.17) is 23.7 Å². The van der Waals surface area contributed by atoms with Crippen molar-refractivity contribution in [2.45, 2.75) is 89.6 Å². The summed E-state index contributed by atoms with van der Waals surface area (Å²) in [4.78, 5) is 44.5. The topological polar surface area (TPSA) is 173 Å². The Kier molecular flexibility index (Phi) is 18.3. The number of pyridine rings is 4. The molecule has 61 heavy (non-hydrogen) atoms. The van der Waals surface area contributed by atoms with Crippen molar-refractivity contribution in [3.05, 3.63) is 85.0 Å². The molecule has 7 rings (SSSR count). The summed E-state index contributed by atoms with van der Waals surface area (Å²) in [5.74, 6) is 2.18. The number of halogens is 3. The largest absolute Gasteiger partial charge is 0.542 e. The molecule has 7 heterocycles. The number of piperidine rings is 2. The quantitative estimate of drug-likeness (QED) is 0.143. The molecule has 3 fully saturated rings. The number of rotatable bonds is 8. The van der Waals surface area contributed by atoms with Gasteiger partial charge in [-0.15, -0.1) is 12.4 Å². The molecular weight excluding hydrogens is 830 g/mol. The van der Waals surface area contributed by atoms with Gasteiger partial charge in [0.1, 0.15) is 58.6 Å². The zero-order valence-corrected chi connectivity index (χ0v) is 37.1. The molecule has 19 heteroatoms. The van der Waals surface area contributed by atoms with Crippen LogP contribution in [0.3, 0.4) is 0 Å². The predicted molar refractivity (Wildman–Crippen MR) is 234 cm³/mol. The standard InChI is InChI=1S/C22H31FN4O3Si.C16H17FN4O3.C4H8O.ClH/c1-22(2,3)31(4,5)30-18-7-8-19(24-15-18)26-21(28)29-17-10-12-27(13-11-17)20-9-6-16(23)14-25-20;17-11-1-4-15(19-9-11)21-7-5-13(6-8-21)24-16(23)20-14-3-2-12(22)10-18-14;1-2-4-5-3-1;/h6-9,14-15,17H,10-13H2,1-5H3,(H,24,26,28);1-4,9-10,13,22H,5-8H2,(H,18,20,23);1-4H2;1H. The van der Waals surface area contributed by atoms with Gasteiger partial charge in [0.25, 0.3) is 8.32 Å². The number of hydrogen-bond donors (Lipinski definition) is 3. The first-order valence-corrected chi connectivity index (χ1v) is 23.1. The summed E-state index contributed by atoms with van der Waals surface area (Å²) in [6, 6.07) is 12.5. The van der Waals surface area contributed by atoms with Crippen LogP contribution in [0.2, 0.25) is 18.1 Å². The minimum Gasteiger partial charge on any atom is -0.542 e. The number of amides is 2. The first-order chi connectivity index (χ1) is 28.6. The zero-order chi connectivity index (χ0) is 43.1. The highest BCUT2D eigenvalue weighted by Gasteiger charge is 2.39. The molecular formula is C42H57ClF2N8O7Si. The third-order valence-electron chi connectivity index (χ3n) is 10.5. The Hall–Kier alpha value is -5.33. The van der Waals surface area contributed by atoms with E-state index in [9.17, 15) is 18.4 Å². The average Bonchev–Trinajstić information content (AvgIpc) is 3.82. The van der Waals surface area contributed by atoms with Crippen LogP contribution in [0.4, 0.5) is 41.6 Å². The van der Waals surface area contributed by atoms with E-state index in [1.807, 2.05) is 11.0 Å². The molecule has 0 aliphatic carbocycles. The molecule has 2 amide bonds. The number of hydrogen-bond acceptors (Lipinski definition) is 13. The Labute approximate surface area is 363 Å². The van der Waals surface area contributed by atoms with E-state index in [0.29, 0.717) is 75.1 Å². The van der Waals surface area contributed by atoms with E-state index >= 15 is 0 Å². The Morgan fingerprint density at radius 2 is 1.16 bits per heavy atom. The molecule has 15 nitrogen and oxygen atoms in total. The van der Waals surface area contributed by atoms with Gasteiger partial charge in [0.15, 0.2) is 0 Å². The Morgan fingerprint density at radius 3 is 1.51 bits per heavy atom. The molecule has 0 atom stereocenters. The van der Waals surface area contributed by atoms with E-state index in [1.54, 1.807) is 24.4 Å². The second-order valence-corrected chi connectivity index (χ2v) is 20.8. The summed E-state index contributed by atoms with van der Waals surface area (Å²) in [7, 11) is -1.94. The van der Waals surface area contributed by atoms with E-state index < -0.39 is 20.5 Å². The normalized spacial score (nSPS) is 15.8. The number of carbonyl (C=O) groups excluding carboxylic acids is 2. The first kappa shape index (κ1) is 48.3. The lowest BCUT2D eigenvalue weighted by Crippen LogP contribution is -2.43. The molecule has 0 unspecified atom stereocenters. The van der Waals surface area contributed by atoms with Crippen molar-refractivity contribution in [2.75, 3.05) is 59.8 Å². The SMILES string of the molecule is C1CCOC1.CC(C)(C)[Si](C)(C)Oc1ccc(NC(=O)OC2CCN(c3ccc(F)cn3)CC2)nc1.Cl.O=C(Nc1ccc(O)cn1)OC1CCN(c2ccc(F)cn2)CC1. The van der Waals surface area contributed by atoms with Gasteiger partial charge in [0.2, 0.25) is 0 Å². The first-order valence-electron chi connectivity index (χ1n) is 20.2. The van der Waals surface area contributed by atoms with Crippen LogP contribution in [0, 0.1) is 11.6 Å². The smallest absolute Gasteiger partial charge is 0.413 e. The number of ether oxygens (including phenoxy) is 3. The Balaban J connectivity index is 0.000000242. The Morgan fingerprint density at radius 1 is 0.705 bits per heavy atom. The summed E-state index contributed by atoms with van der Waals surface area (Å²) in [5.41, 5.74) is 0. The minimum atomic E-state index is -1.94. The summed E-state index contributed by atoms with van der Waals surface area (Å²) in [6.07, 6.45) is 9.03. The maximum absolute atomic E-state index is 13.0. The van der Waals surface area contributed by atoms with Gasteiger partial charge < -0.3 is 33.5 Å². The Bertz CT molecular complexity index is 1920. The van der Waals surface area contributed by atoms with E-state index in [1.165, 1.54) is 55.7 Å². The van der Waals surface area contributed by atoms with Crippen LogP contribution < -0.4 is 24.9 Å². The molecule has 3 aliphatic heterocycles. The lowest BCUT2D eigenvalue weighted by atomic mass is 10.1. The summed E-state index contributed by atoms with van der Waals surface area (Å²) >= 11 is 0. The second kappa shape index (κ2) is 23.0. The van der Waals surface area contributed by atoms with Crippen LogP contribution in [-0.2, 0) is 14.2 Å². The number of nitrogens with one attached hydrogen (secondary N) is 2. The fourth-order valence-corrected chi connectivity index (χ4v) is 7.04. The highest BCUT2D eigenvalue weighted by Crippen LogP contribution is 2.37. The maximum atomic E-state index is 13.0. The summed E-state index contributed by atoms with van der Waals surface area (Å²) < 4.78 is 48.0. The number of anilines is 4. The summed E-state index contributed by atoms with van der Waals surface area (Å²) in [5, 5.41) is 14.4. The van der Waals surface area contributed by atoms with Crippen LogP contribution in [0.25, 0.3) is 0 Å². The van der Waals surface area contributed by atoms with Gasteiger partial charge in [-0.2, -0.15) is 0 Å². The third kappa shape index (κ3) is 15.9. The lowest BCUT2D eigenvalue weighted by molar-refractivity contribution is 0.0941. The minimum absolute atomic E-state index is 0. The molecule has 4 aromatic heterocycles. The highest BCUT2D eigenvalue weighted by molar-refractivity contribution is 6.74. The van der Waals surface area contributed by atoms with Crippen molar-refractivity contribution in [3.8, 4) is 11.5 Å². The van der Waals surface area contributed by atoms with E-state index in [0.717, 1.165) is 19.0 Å². The molecule has 0 aromatic carbocycles. The fourth-order valence-electron chi connectivity index (χ4n) is 6.02. The van der Waals surface area contributed by atoms with E-state index in [2.05, 4.69) is 69.3 Å². The predicted octanol–water partition coefficient (Wildman–Crippen LogP) is 8.97. The molecule has 4 aromatic rings. The van der Waals surface area contributed by atoms with Crippen molar-refractivity contribution >= 4 is 56.2 Å². The highest BCUT2D eigenvalue weighted by atomic mass is 35.5. The second-order valence-electron chi connectivity index (χ2n) is 16.1. The number of carbonyl (C=O) groups is 2. The van der Waals surface area contributed by atoms with Gasteiger partial charge in [0, 0.05) is 65.1 Å². The van der Waals surface area contributed by atoms with Crippen molar-refractivity contribution in [1.82, 2.24) is 19.9 Å². The molecule has 0 spiro atoms. The van der Waals surface area contributed by atoms with Gasteiger partial charge in [-0.25, -0.2) is 38.3 Å². The van der Waals surface area contributed by atoms with Gasteiger partial charge in [0.05, 0.1) is 24.8 Å². The zero-order valence-electron chi connectivity index (χ0n) is 35.3. The maximum Gasteiger partial charge on any atom is 0.413 e. The van der Waals surface area contributed by atoms with Crippen LogP contribution >= 0.6 is 12.4 Å². The van der Waals surface area contributed by atoms with Crippen LogP contribution in [0.1, 0.15) is 59.3 Å². The van der Waals surface area contributed by atoms with Crippen LogP contribution in [0.5, 0.6) is 11.5 Å². The molecule has 3 aliphatic rings. The van der Waals surface area contributed by atoms with Gasteiger partial charge in [-0.3, -0.25) is 10.6 Å². The van der Waals surface area contributed by atoms with Gasteiger partial charge in [-0.1, -0.05) is 20.8 Å². The van der Waals surface area contributed by atoms with E-state index in [-0.39, 0.29) is 47.0 Å². The van der Waals surface area contributed by atoms with Crippen molar-refractivity contribution in [1.29, 1.82) is 0 Å². The lowest BCUT2D eigenvalue weighted by Gasteiger charge is -2.36. The molecule has 0 bridgehead atoms. The van der Waals surface area contributed by atoms with Crippen LogP contribution in [-0.4, -0.2) is 97.1 Å². The average molecular weight is 888 g/mol. The van der Waals surface area contributed by atoms with Crippen molar-refractivity contribution in [3.63, 3.8) is 0 Å². The molecule has 0 radical (unpaired) electrons. The third-order valence-corrected chi connectivity index (χ3v) is 14.8. The van der Waals surface area contributed by atoms with Crippen molar-refractivity contribution < 1.29 is 42.1 Å². The monoisotopic (exact) mass is 886 g/mol. The van der Waals surface area contributed by atoms with Crippen LogP contribution in [0.15, 0.2) is 73.3 Å². The fraction of sp³-hybridized carbons (Fsp3) is 0.476. The number of nitrogens with zero attached hydrogens (tertiary/aromatic N) is 6. The molecule has 3 N–H and O–H groups in total. The molecule has 332 valence electrons. The number of aromatic hydroxyl groups is 1. The number of aromatic nitrogens is 4. The van der Waals surface area contributed by atoms with Gasteiger partial charge >= 0.3 is 12.2 Å². The van der Waals surface area contributed by atoms with Gasteiger partial charge in [-0.05, 0) is 79.5 Å². The summed E-state index contributed by atoms with van der Waals surface area (Å²) in [6.45, 7) is 15.6. The molecule has 0 saturated carbocycles.